The van der Waals surface area contributed by atoms with Crippen LogP contribution in [0.5, 0.6) is 5.75 Å². The molecule has 0 fully saturated rings. The highest BCUT2D eigenvalue weighted by atomic mass is 35.5. The highest BCUT2D eigenvalue weighted by Crippen LogP contribution is 2.37. The molecule has 0 radical (unpaired) electrons. The SMILES string of the molecule is COc1cc(C(=O)N2Cc3ccccc3Nc3ccccc32)ccc1NC(=O)c1c(Cl)cccc1Cl. The van der Waals surface area contributed by atoms with Crippen molar-refractivity contribution in [2.45, 2.75) is 6.54 Å². The van der Waals surface area contributed by atoms with Crippen molar-refractivity contribution in [1.29, 1.82) is 0 Å². The van der Waals surface area contributed by atoms with Crippen molar-refractivity contribution in [2.24, 2.45) is 0 Å². The summed E-state index contributed by atoms with van der Waals surface area (Å²) in [5, 5.41) is 6.68. The quantitative estimate of drug-likeness (QED) is 0.301. The number of hydrogen-bond acceptors (Lipinski definition) is 4. The molecule has 2 amide bonds. The predicted octanol–water partition coefficient (Wildman–Crippen LogP) is 7.16. The lowest BCUT2D eigenvalue weighted by molar-refractivity contribution is 0.0984. The molecule has 5 rings (SSSR count). The first-order valence-electron chi connectivity index (χ1n) is 11.2. The van der Waals surface area contributed by atoms with E-state index in [-0.39, 0.29) is 21.5 Å². The molecule has 0 saturated carbocycles. The lowest BCUT2D eigenvalue weighted by Gasteiger charge is -2.23. The van der Waals surface area contributed by atoms with Crippen LogP contribution in [0, 0.1) is 0 Å². The topological polar surface area (TPSA) is 70.7 Å². The molecule has 1 aliphatic heterocycles. The average molecular weight is 518 g/mol. The second kappa shape index (κ2) is 9.93. The van der Waals surface area contributed by atoms with Crippen molar-refractivity contribution >= 4 is 57.8 Å². The third kappa shape index (κ3) is 4.49. The lowest BCUT2D eigenvalue weighted by Crippen LogP contribution is -2.30. The van der Waals surface area contributed by atoms with Crippen molar-refractivity contribution in [3.8, 4) is 5.75 Å². The summed E-state index contributed by atoms with van der Waals surface area (Å²) in [5.41, 5.74) is 4.51. The number of benzene rings is 4. The molecule has 0 aliphatic carbocycles. The molecule has 1 heterocycles. The number of carbonyl (C=O) groups is 2. The maximum absolute atomic E-state index is 13.8. The Morgan fingerprint density at radius 3 is 2.33 bits per heavy atom. The van der Waals surface area contributed by atoms with Gasteiger partial charge < -0.3 is 20.3 Å². The molecular formula is C28H21Cl2N3O3. The van der Waals surface area contributed by atoms with Crippen LogP contribution in [0.4, 0.5) is 22.7 Å². The van der Waals surface area contributed by atoms with Gasteiger partial charge in [0.1, 0.15) is 5.75 Å². The first kappa shape index (κ1) is 23.7. The number of hydrogen-bond donors (Lipinski definition) is 2. The van der Waals surface area contributed by atoms with Crippen molar-refractivity contribution in [3.05, 3.63) is 112 Å². The normalized spacial score (nSPS) is 12.0. The highest BCUT2D eigenvalue weighted by Gasteiger charge is 2.26. The lowest BCUT2D eigenvalue weighted by atomic mass is 10.1. The summed E-state index contributed by atoms with van der Waals surface area (Å²) in [5.74, 6) is -0.350. The first-order valence-corrected chi connectivity index (χ1v) is 11.9. The largest absolute Gasteiger partial charge is 0.495 e. The van der Waals surface area contributed by atoms with Gasteiger partial charge in [-0.05, 0) is 54.1 Å². The second-order valence-electron chi connectivity index (χ2n) is 8.16. The van der Waals surface area contributed by atoms with E-state index in [1.807, 2.05) is 48.5 Å². The number of para-hydroxylation sites is 3. The smallest absolute Gasteiger partial charge is 0.258 e. The first-order chi connectivity index (χ1) is 17.5. The van der Waals surface area contributed by atoms with Gasteiger partial charge in [-0.1, -0.05) is 59.6 Å². The predicted molar refractivity (Wildman–Crippen MR) is 144 cm³/mol. The van der Waals surface area contributed by atoms with E-state index in [0.717, 1.165) is 22.6 Å². The number of amides is 2. The van der Waals surface area contributed by atoms with Crippen LogP contribution in [0.25, 0.3) is 0 Å². The van der Waals surface area contributed by atoms with Gasteiger partial charge in [-0.3, -0.25) is 9.59 Å². The average Bonchev–Trinajstić information content (AvgIpc) is 3.05. The van der Waals surface area contributed by atoms with Crippen molar-refractivity contribution < 1.29 is 14.3 Å². The number of rotatable bonds is 4. The number of nitrogens with one attached hydrogen (secondary N) is 2. The van der Waals surface area contributed by atoms with Crippen LogP contribution in [-0.2, 0) is 6.54 Å². The van der Waals surface area contributed by atoms with Gasteiger partial charge in [-0.25, -0.2) is 0 Å². The summed E-state index contributed by atoms with van der Waals surface area (Å²) in [6, 6.07) is 25.3. The molecule has 6 nitrogen and oxygen atoms in total. The van der Waals surface area contributed by atoms with E-state index in [9.17, 15) is 9.59 Å². The van der Waals surface area contributed by atoms with Gasteiger partial charge in [0.05, 0.1) is 46.3 Å². The number of methoxy groups -OCH3 is 1. The maximum Gasteiger partial charge on any atom is 0.258 e. The van der Waals surface area contributed by atoms with Crippen LogP contribution >= 0.6 is 23.2 Å². The molecular weight excluding hydrogens is 497 g/mol. The third-order valence-electron chi connectivity index (χ3n) is 5.94. The molecule has 0 saturated heterocycles. The maximum atomic E-state index is 13.8. The molecule has 1 aliphatic rings. The molecule has 0 aromatic heterocycles. The minimum absolute atomic E-state index is 0.162. The van der Waals surface area contributed by atoms with Gasteiger partial charge in [0, 0.05) is 11.3 Å². The molecule has 4 aromatic rings. The Labute approximate surface area is 218 Å². The van der Waals surface area contributed by atoms with E-state index in [4.69, 9.17) is 27.9 Å². The number of ether oxygens (including phenoxy) is 1. The fraction of sp³-hybridized carbons (Fsp3) is 0.0714. The van der Waals surface area contributed by atoms with Gasteiger partial charge in [0.15, 0.2) is 0 Å². The number of halogens is 2. The number of carbonyl (C=O) groups excluding carboxylic acids is 2. The Morgan fingerprint density at radius 1 is 0.889 bits per heavy atom. The zero-order valence-corrected chi connectivity index (χ0v) is 20.7. The van der Waals surface area contributed by atoms with Crippen LogP contribution in [0.1, 0.15) is 26.3 Å². The van der Waals surface area contributed by atoms with E-state index in [2.05, 4.69) is 10.6 Å². The van der Waals surface area contributed by atoms with E-state index in [1.54, 1.807) is 41.3 Å². The van der Waals surface area contributed by atoms with Crippen LogP contribution in [0.2, 0.25) is 10.0 Å². The summed E-state index contributed by atoms with van der Waals surface area (Å²) in [4.78, 5) is 28.3. The number of anilines is 4. The Hall–Kier alpha value is -4.00. The Morgan fingerprint density at radius 2 is 1.58 bits per heavy atom. The van der Waals surface area contributed by atoms with E-state index in [0.29, 0.717) is 23.5 Å². The standard InChI is InChI=1S/C28H21Cl2N3O3/c1-36-25-15-17(13-14-23(25)32-27(34)26-19(29)8-6-9-20(26)30)28(35)33-16-18-7-2-3-10-21(18)31-22-11-4-5-12-24(22)33/h2-15,31H,16H2,1H3,(H,32,34). The zero-order chi connectivity index (χ0) is 25.2. The van der Waals surface area contributed by atoms with Gasteiger partial charge in [-0.15, -0.1) is 0 Å². The van der Waals surface area contributed by atoms with Crippen molar-refractivity contribution in [1.82, 2.24) is 0 Å². The van der Waals surface area contributed by atoms with Crippen LogP contribution in [0.3, 0.4) is 0 Å². The minimum atomic E-state index is -0.480. The van der Waals surface area contributed by atoms with E-state index in [1.165, 1.54) is 7.11 Å². The number of fused-ring (bicyclic) bond motifs is 2. The Bertz CT molecular complexity index is 1470. The molecule has 0 atom stereocenters. The fourth-order valence-electron chi connectivity index (χ4n) is 4.16. The molecule has 2 N–H and O–H groups in total. The second-order valence-corrected chi connectivity index (χ2v) is 8.97. The summed E-state index contributed by atoms with van der Waals surface area (Å²) in [7, 11) is 1.48. The van der Waals surface area contributed by atoms with Gasteiger partial charge in [0.2, 0.25) is 0 Å². The molecule has 0 spiro atoms. The van der Waals surface area contributed by atoms with Crippen LogP contribution in [0.15, 0.2) is 84.9 Å². The van der Waals surface area contributed by atoms with Gasteiger partial charge in [0.25, 0.3) is 11.8 Å². The number of nitrogens with zero attached hydrogens (tertiary/aromatic N) is 1. The van der Waals surface area contributed by atoms with Crippen LogP contribution in [-0.4, -0.2) is 18.9 Å². The van der Waals surface area contributed by atoms with Crippen molar-refractivity contribution in [3.63, 3.8) is 0 Å². The van der Waals surface area contributed by atoms with Gasteiger partial charge >= 0.3 is 0 Å². The minimum Gasteiger partial charge on any atom is -0.495 e. The monoisotopic (exact) mass is 517 g/mol. The molecule has 8 heteroatoms. The summed E-state index contributed by atoms with van der Waals surface area (Å²) in [6.07, 6.45) is 0. The Balaban J connectivity index is 1.47. The van der Waals surface area contributed by atoms with E-state index < -0.39 is 5.91 Å². The molecule has 0 unspecified atom stereocenters. The fourth-order valence-corrected chi connectivity index (χ4v) is 4.73. The van der Waals surface area contributed by atoms with Gasteiger partial charge in [-0.2, -0.15) is 0 Å². The summed E-state index contributed by atoms with van der Waals surface area (Å²) >= 11 is 12.4. The summed E-state index contributed by atoms with van der Waals surface area (Å²) in [6.45, 7) is 0.394. The Kier molecular flexibility index (Phi) is 6.55. The third-order valence-corrected chi connectivity index (χ3v) is 6.57. The zero-order valence-electron chi connectivity index (χ0n) is 19.2. The molecule has 180 valence electrons. The van der Waals surface area contributed by atoms with Crippen LogP contribution < -0.4 is 20.3 Å². The van der Waals surface area contributed by atoms with E-state index >= 15 is 0 Å². The molecule has 0 bridgehead atoms. The summed E-state index contributed by atoms with van der Waals surface area (Å²) < 4.78 is 5.51. The van der Waals surface area contributed by atoms with Crippen molar-refractivity contribution in [2.75, 3.05) is 22.6 Å². The molecule has 4 aromatic carbocycles. The highest BCUT2D eigenvalue weighted by molar-refractivity contribution is 6.40. The molecule has 36 heavy (non-hydrogen) atoms.